The van der Waals surface area contributed by atoms with Gasteiger partial charge in [-0.2, -0.15) is 0 Å². The molecular formula is C3H3NO2Y. The Morgan fingerprint density at radius 2 is 2.29 bits per heavy atom. The molecule has 0 heterocycles. The minimum absolute atomic E-state index is 0. The summed E-state index contributed by atoms with van der Waals surface area (Å²) in [4.78, 5) is 12.0. The Morgan fingerprint density at radius 3 is 2.29 bits per heavy atom. The number of carboxylic acids is 1. The van der Waals surface area contributed by atoms with Gasteiger partial charge in [-0.25, -0.2) is 11.4 Å². The van der Waals surface area contributed by atoms with Crippen molar-refractivity contribution in [1.82, 2.24) is 0 Å². The molecule has 0 bridgehead atoms. The average Bonchev–Trinajstić information content (AvgIpc) is 1.35. The molecule has 0 aliphatic carbocycles. The molecule has 4 heteroatoms. The largest absolute Gasteiger partial charge is 0.476 e. The molecule has 0 unspecified atom stereocenters. The van der Waals surface area contributed by atoms with E-state index in [2.05, 4.69) is 4.85 Å². The summed E-state index contributed by atoms with van der Waals surface area (Å²) in [5, 5.41) is 7.70. The molecule has 0 saturated carbocycles. The Hall–Kier alpha value is 0.0639. The fourth-order valence-electron chi connectivity index (χ4n) is 0.0676. The molecule has 35 valence electrons. The Bertz CT molecular complexity index is 95.6. The first kappa shape index (κ1) is 10.1. The maximum atomic E-state index is 9.39. The zero-order valence-electron chi connectivity index (χ0n) is 3.59. The van der Waals surface area contributed by atoms with Crippen LogP contribution in [-0.2, 0) is 37.5 Å². The molecule has 0 amide bonds. The summed E-state index contributed by atoms with van der Waals surface area (Å²) >= 11 is 0. The third-order valence-electron chi connectivity index (χ3n) is 0.214. The first-order valence-electron chi connectivity index (χ1n) is 1.32. The number of nitrogens with zero attached hydrogens (tertiary/aromatic N) is 1. The van der Waals surface area contributed by atoms with Gasteiger partial charge in [0, 0.05) is 32.7 Å². The van der Waals surface area contributed by atoms with Crippen molar-refractivity contribution in [3.05, 3.63) is 11.4 Å². The van der Waals surface area contributed by atoms with Gasteiger partial charge in [0.1, 0.15) is 0 Å². The van der Waals surface area contributed by atoms with Crippen LogP contribution in [0, 0.1) is 6.57 Å². The van der Waals surface area contributed by atoms with E-state index in [1.807, 2.05) is 0 Å². The quantitative estimate of drug-likeness (QED) is 0.568. The molecule has 0 saturated heterocycles. The van der Waals surface area contributed by atoms with E-state index in [1.165, 1.54) is 0 Å². The fraction of sp³-hybridized carbons (Fsp3) is 0.333. The van der Waals surface area contributed by atoms with Crippen molar-refractivity contribution >= 4 is 5.97 Å². The predicted molar refractivity (Wildman–Crippen MR) is 19.1 cm³/mol. The van der Waals surface area contributed by atoms with Gasteiger partial charge in [0.05, 0.1) is 0 Å². The minimum atomic E-state index is -1.06. The number of aliphatic carboxylic acids is 1. The van der Waals surface area contributed by atoms with Gasteiger partial charge in [-0.05, 0) is 0 Å². The zero-order chi connectivity index (χ0) is 4.99. The van der Waals surface area contributed by atoms with Crippen LogP contribution < -0.4 is 0 Å². The fourth-order valence-corrected chi connectivity index (χ4v) is 0.0676. The van der Waals surface area contributed by atoms with E-state index in [-0.39, 0.29) is 32.7 Å². The third-order valence-corrected chi connectivity index (χ3v) is 0.214. The van der Waals surface area contributed by atoms with E-state index >= 15 is 0 Å². The van der Waals surface area contributed by atoms with E-state index in [1.54, 1.807) is 0 Å². The SMILES string of the molecule is [C-]#[N+]CC(=O)O.[Y]. The second-order valence-electron chi connectivity index (χ2n) is 0.710. The Balaban J connectivity index is 0. The molecule has 3 nitrogen and oxygen atoms in total. The van der Waals surface area contributed by atoms with Gasteiger partial charge < -0.3 is 9.95 Å². The van der Waals surface area contributed by atoms with Crippen molar-refractivity contribution in [3.63, 3.8) is 0 Å². The van der Waals surface area contributed by atoms with Gasteiger partial charge in [0.2, 0.25) is 0 Å². The summed E-state index contributed by atoms with van der Waals surface area (Å²) in [7, 11) is 0. The average molecular weight is 174 g/mol. The van der Waals surface area contributed by atoms with Crippen molar-refractivity contribution in [2.24, 2.45) is 0 Å². The molecule has 0 aromatic heterocycles. The van der Waals surface area contributed by atoms with E-state index in [0.29, 0.717) is 0 Å². The molecular weight excluding hydrogens is 171 g/mol. The van der Waals surface area contributed by atoms with Crippen molar-refractivity contribution in [2.75, 3.05) is 6.54 Å². The molecule has 0 fully saturated rings. The summed E-state index contributed by atoms with van der Waals surface area (Å²) in [5.74, 6) is -1.06. The Morgan fingerprint density at radius 1 is 1.86 bits per heavy atom. The number of carboxylic acid groups (broad SMARTS) is 1. The Labute approximate surface area is 66.4 Å². The summed E-state index contributed by atoms with van der Waals surface area (Å²) in [5.41, 5.74) is 0. The van der Waals surface area contributed by atoms with Gasteiger partial charge in [0.25, 0.3) is 0 Å². The topological polar surface area (TPSA) is 41.7 Å². The minimum Gasteiger partial charge on any atom is -0.476 e. The summed E-state index contributed by atoms with van der Waals surface area (Å²) in [6, 6.07) is 0. The molecule has 7 heavy (non-hydrogen) atoms. The first-order chi connectivity index (χ1) is 2.77. The van der Waals surface area contributed by atoms with Crippen LogP contribution in [0.2, 0.25) is 0 Å². The van der Waals surface area contributed by atoms with Gasteiger partial charge in [-0.1, -0.05) is 0 Å². The van der Waals surface area contributed by atoms with Crippen LogP contribution in [0.3, 0.4) is 0 Å². The Kier molecular flexibility index (Phi) is 8.77. The molecule has 0 rings (SSSR count). The summed E-state index contributed by atoms with van der Waals surface area (Å²) in [6.45, 7) is 5.56. The molecule has 0 atom stereocenters. The van der Waals surface area contributed by atoms with E-state index in [4.69, 9.17) is 11.7 Å². The molecule has 0 aromatic carbocycles. The predicted octanol–water partition coefficient (Wildman–Crippen LogP) is -0.0122. The van der Waals surface area contributed by atoms with Gasteiger partial charge in [0.15, 0.2) is 0 Å². The second kappa shape index (κ2) is 6.06. The van der Waals surface area contributed by atoms with Crippen molar-refractivity contribution < 1.29 is 42.6 Å². The summed E-state index contributed by atoms with van der Waals surface area (Å²) < 4.78 is 0. The monoisotopic (exact) mass is 174 g/mol. The normalized spacial score (nSPS) is 5.57. The van der Waals surface area contributed by atoms with E-state index in [0.717, 1.165) is 0 Å². The van der Waals surface area contributed by atoms with Crippen LogP contribution in [0.5, 0.6) is 0 Å². The van der Waals surface area contributed by atoms with Crippen LogP contribution >= 0.6 is 0 Å². The smallest absolute Gasteiger partial charge is 0.384 e. The second-order valence-corrected chi connectivity index (χ2v) is 0.710. The van der Waals surface area contributed by atoms with Gasteiger partial charge in [-0.3, -0.25) is 0 Å². The number of rotatable bonds is 1. The van der Waals surface area contributed by atoms with E-state index < -0.39 is 12.5 Å². The van der Waals surface area contributed by atoms with Gasteiger partial charge >= 0.3 is 12.5 Å². The molecule has 1 radical (unpaired) electrons. The van der Waals surface area contributed by atoms with Crippen molar-refractivity contribution in [1.29, 1.82) is 0 Å². The maximum absolute atomic E-state index is 9.39. The molecule has 0 aliphatic rings. The zero-order valence-corrected chi connectivity index (χ0v) is 6.43. The van der Waals surface area contributed by atoms with Crippen LogP contribution in [0.4, 0.5) is 0 Å². The van der Waals surface area contributed by atoms with Gasteiger partial charge in [-0.15, -0.1) is 0 Å². The molecule has 0 spiro atoms. The van der Waals surface area contributed by atoms with Crippen molar-refractivity contribution in [3.8, 4) is 0 Å². The number of hydrogen-bond donors (Lipinski definition) is 1. The first-order valence-corrected chi connectivity index (χ1v) is 1.32. The molecule has 0 aromatic rings. The summed E-state index contributed by atoms with van der Waals surface area (Å²) in [6.07, 6.45) is 0. The number of carbonyl (C=O) groups is 1. The van der Waals surface area contributed by atoms with Crippen LogP contribution in [0.1, 0.15) is 0 Å². The van der Waals surface area contributed by atoms with Crippen molar-refractivity contribution in [2.45, 2.75) is 0 Å². The molecule has 0 aliphatic heterocycles. The van der Waals surface area contributed by atoms with Crippen LogP contribution in [0.15, 0.2) is 0 Å². The standard InChI is InChI=1S/C3H3NO2.Y/c1-4-2-3(5)6;/h2H2,(H,5,6);. The van der Waals surface area contributed by atoms with E-state index in [9.17, 15) is 4.79 Å². The number of hydrogen-bond acceptors (Lipinski definition) is 1. The maximum Gasteiger partial charge on any atom is 0.384 e. The third kappa shape index (κ3) is 10.7. The van der Waals surface area contributed by atoms with Crippen LogP contribution in [0.25, 0.3) is 4.85 Å². The molecule has 1 N–H and O–H groups in total. The van der Waals surface area contributed by atoms with Crippen LogP contribution in [-0.4, -0.2) is 17.6 Å².